The number of Topliss-reactive ketones (excluding diaryl/α,β-unsaturated/α-hetero) is 1. The number of fused-ring (bicyclic) bond motifs is 2. The predicted molar refractivity (Wildman–Crippen MR) is 95.9 cm³/mol. The SMILES string of the molecule is O=C1C[C@@H](c2cccs2)Cc2nc3nc(-c4ccccc4)nn3cc21. The molecule has 4 aromatic rings. The Kier molecular flexibility index (Phi) is 3.24. The van der Waals surface area contributed by atoms with E-state index in [-0.39, 0.29) is 11.7 Å². The van der Waals surface area contributed by atoms with Crippen LogP contribution in [-0.2, 0) is 6.42 Å². The largest absolute Gasteiger partial charge is 0.294 e. The number of carbonyl (C=O) groups is 1. The summed E-state index contributed by atoms with van der Waals surface area (Å²) >= 11 is 1.70. The van der Waals surface area contributed by atoms with Crippen molar-refractivity contribution in [2.75, 3.05) is 0 Å². The van der Waals surface area contributed by atoms with Crippen molar-refractivity contribution in [2.24, 2.45) is 0 Å². The molecule has 0 radical (unpaired) electrons. The fourth-order valence-electron chi connectivity index (χ4n) is 3.32. The van der Waals surface area contributed by atoms with E-state index in [1.165, 1.54) is 4.88 Å². The van der Waals surface area contributed by atoms with Gasteiger partial charge in [-0.2, -0.15) is 4.98 Å². The Morgan fingerprint density at radius 3 is 2.72 bits per heavy atom. The van der Waals surface area contributed by atoms with Gasteiger partial charge >= 0.3 is 0 Å². The molecule has 0 bridgehead atoms. The summed E-state index contributed by atoms with van der Waals surface area (Å²) in [5.41, 5.74) is 2.44. The van der Waals surface area contributed by atoms with E-state index in [4.69, 9.17) is 0 Å². The number of ketones is 1. The zero-order valence-electron chi connectivity index (χ0n) is 13.3. The molecule has 0 unspecified atom stereocenters. The monoisotopic (exact) mass is 346 g/mol. The van der Waals surface area contributed by atoms with Gasteiger partial charge < -0.3 is 0 Å². The van der Waals surface area contributed by atoms with Gasteiger partial charge in [-0.3, -0.25) is 4.79 Å². The molecule has 1 aliphatic carbocycles. The van der Waals surface area contributed by atoms with Crippen molar-refractivity contribution in [2.45, 2.75) is 18.8 Å². The first-order chi connectivity index (χ1) is 12.3. The second-order valence-electron chi connectivity index (χ2n) is 6.19. The van der Waals surface area contributed by atoms with Gasteiger partial charge in [-0.15, -0.1) is 16.4 Å². The lowest BCUT2D eigenvalue weighted by molar-refractivity contribution is 0.0963. The van der Waals surface area contributed by atoms with Crippen molar-refractivity contribution in [1.82, 2.24) is 19.6 Å². The van der Waals surface area contributed by atoms with E-state index in [2.05, 4.69) is 26.5 Å². The molecule has 3 heterocycles. The molecular weight excluding hydrogens is 332 g/mol. The number of hydrogen-bond acceptors (Lipinski definition) is 5. The zero-order chi connectivity index (χ0) is 16.8. The predicted octanol–water partition coefficient (Wildman–Crippen LogP) is 3.77. The summed E-state index contributed by atoms with van der Waals surface area (Å²) in [5, 5.41) is 6.54. The van der Waals surface area contributed by atoms with E-state index in [9.17, 15) is 4.79 Å². The Bertz CT molecular complexity index is 1070. The maximum atomic E-state index is 12.6. The Morgan fingerprint density at radius 1 is 1.04 bits per heavy atom. The molecule has 0 saturated carbocycles. The first-order valence-corrected chi connectivity index (χ1v) is 9.04. The summed E-state index contributed by atoms with van der Waals surface area (Å²) < 4.78 is 1.62. The van der Waals surface area contributed by atoms with Crippen LogP contribution in [0.4, 0.5) is 0 Å². The van der Waals surface area contributed by atoms with Crippen molar-refractivity contribution in [3.8, 4) is 11.4 Å². The van der Waals surface area contributed by atoms with E-state index < -0.39 is 0 Å². The van der Waals surface area contributed by atoms with Crippen molar-refractivity contribution in [3.63, 3.8) is 0 Å². The van der Waals surface area contributed by atoms with Gasteiger partial charge in [0.1, 0.15) is 0 Å². The number of nitrogens with zero attached hydrogens (tertiary/aromatic N) is 4. The highest BCUT2D eigenvalue weighted by Crippen LogP contribution is 2.34. The van der Waals surface area contributed by atoms with Crippen LogP contribution < -0.4 is 0 Å². The highest BCUT2D eigenvalue weighted by atomic mass is 32.1. The van der Waals surface area contributed by atoms with Gasteiger partial charge in [-0.25, -0.2) is 9.50 Å². The van der Waals surface area contributed by atoms with Crippen LogP contribution in [0.5, 0.6) is 0 Å². The van der Waals surface area contributed by atoms with E-state index in [0.29, 0.717) is 23.6 Å². The average molecular weight is 346 g/mol. The standard InChI is InChI=1S/C19H14N4OS/c24-16-10-13(17-7-4-8-25-17)9-15-14(16)11-23-19(20-15)21-18(22-23)12-5-2-1-3-6-12/h1-8,11,13H,9-10H2/t13-/m0/s1. The van der Waals surface area contributed by atoms with E-state index >= 15 is 0 Å². The molecule has 122 valence electrons. The quantitative estimate of drug-likeness (QED) is 0.554. The molecule has 0 fully saturated rings. The van der Waals surface area contributed by atoms with Gasteiger partial charge in [0, 0.05) is 29.0 Å². The zero-order valence-corrected chi connectivity index (χ0v) is 14.1. The molecule has 0 spiro atoms. The number of thiophene rings is 1. The molecule has 0 amide bonds. The molecule has 1 aromatic carbocycles. The number of aromatic nitrogens is 4. The van der Waals surface area contributed by atoms with Gasteiger partial charge in [0.2, 0.25) is 0 Å². The highest BCUT2D eigenvalue weighted by Gasteiger charge is 2.29. The number of rotatable bonds is 2. The highest BCUT2D eigenvalue weighted by molar-refractivity contribution is 7.10. The normalized spacial score (nSPS) is 17.0. The molecule has 3 aromatic heterocycles. The van der Waals surface area contributed by atoms with Gasteiger partial charge in [-0.05, 0) is 17.9 Å². The first-order valence-electron chi connectivity index (χ1n) is 8.16. The Balaban J connectivity index is 1.59. The van der Waals surface area contributed by atoms with Crippen LogP contribution in [0.15, 0.2) is 54.0 Å². The first kappa shape index (κ1) is 14.5. The summed E-state index contributed by atoms with van der Waals surface area (Å²) in [4.78, 5) is 23.0. The topological polar surface area (TPSA) is 60.2 Å². The van der Waals surface area contributed by atoms with Gasteiger partial charge in [0.25, 0.3) is 5.78 Å². The lowest BCUT2D eigenvalue weighted by Gasteiger charge is -2.21. The maximum absolute atomic E-state index is 12.6. The molecule has 0 aliphatic heterocycles. The van der Waals surface area contributed by atoms with Crippen LogP contribution in [0.1, 0.15) is 33.3 Å². The van der Waals surface area contributed by atoms with Gasteiger partial charge in [0.05, 0.1) is 11.3 Å². The molecule has 6 heteroatoms. The van der Waals surface area contributed by atoms with Crippen LogP contribution in [0.25, 0.3) is 17.2 Å². The molecule has 1 aliphatic rings. The smallest absolute Gasteiger partial charge is 0.252 e. The third-order valence-electron chi connectivity index (χ3n) is 4.56. The lowest BCUT2D eigenvalue weighted by atomic mass is 9.86. The number of benzene rings is 1. The van der Waals surface area contributed by atoms with Crippen LogP contribution >= 0.6 is 11.3 Å². The minimum atomic E-state index is 0.130. The van der Waals surface area contributed by atoms with Crippen molar-refractivity contribution in [1.29, 1.82) is 0 Å². The fraction of sp³-hybridized carbons (Fsp3) is 0.158. The maximum Gasteiger partial charge on any atom is 0.252 e. The van der Waals surface area contributed by atoms with Crippen molar-refractivity contribution < 1.29 is 4.79 Å². The Labute approximate surface area is 148 Å². The summed E-state index contributed by atoms with van der Waals surface area (Å²) in [7, 11) is 0. The van der Waals surface area contributed by atoms with Crippen molar-refractivity contribution >= 4 is 22.9 Å². The Hall–Kier alpha value is -2.86. The summed E-state index contributed by atoms with van der Waals surface area (Å²) in [6.45, 7) is 0. The van der Waals surface area contributed by atoms with Crippen molar-refractivity contribution in [3.05, 3.63) is 70.2 Å². The minimum absolute atomic E-state index is 0.130. The third kappa shape index (κ3) is 2.46. The molecule has 1 atom stereocenters. The van der Waals surface area contributed by atoms with Crippen LogP contribution in [-0.4, -0.2) is 25.4 Å². The second kappa shape index (κ2) is 5.60. The van der Waals surface area contributed by atoms with Crippen LogP contribution in [0.2, 0.25) is 0 Å². The van der Waals surface area contributed by atoms with Gasteiger partial charge in [-0.1, -0.05) is 36.4 Å². The van der Waals surface area contributed by atoms with E-state index in [1.807, 2.05) is 36.4 Å². The number of hydrogen-bond donors (Lipinski definition) is 0. The van der Waals surface area contributed by atoms with Gasteiger partial charge in [0.15, 0.2) is 11.6 Å². The molecule has 0 N–H and O–H groups in total. The average Bonchev–Trinajstić information content (AvgIpc) is 3.30. The molecule has 5 nitrogen and oxygen atoms in total. The fourth-order valence-corrected chi connectivity index (χ4v) is 4.15. The van der Waals surface area contributed by atoms with Crippen LogP contribution in [0.3, 0.4) is 0 Å². The second-order valence-corrected chi connectivity index (χ2v) is 7.17. The summed E-state index contributed by atoms with van der Waals surface area (Å²) in [6, 6.07) is 13.9. The Morgan fingerprint density at radius 2 is 1.92 bits per heavy atom. The molecule has 0 saturated heterocycles. The lowest BCUT2D eigenvalue weighted by Crippen LogP contribution is -2.20. The molecule has 5 rings (SSSR count). The molecular formula is C19H14N4OS. The summed E-state index contributed by atoms with van der Waals surface area (Å²) in [6.07, 6.45) is 3.08. The third-order valence-corrected chi connectivity index (χ3v) is 5.59. The number of carbonyl (C=O) groups excluding carboxylic acids is 1. The minimum Gasteiger partial charge on any atom is -0.294 e. The van der Waals surface area contributed by atoms with E-state index in [1.54, 1.807) is 22.0 Å². The van der Waals surface area contributed by atoms with Crippen LogP contribution in [0, 0.1) is 0 Å². The molecule has 25 heavy (non-hydrogen) atoms. The summed E-state index contributed by atoms with van der Waals surface area (Å²) in [5.74, 6) is 1.51. The van der Waals surface area contributed by atoms with E-state index in [0.717, 1.165) is 17.7 Å².